The van der Waals surface area contributed by atoms with Gasteiger partial charge >= 0.3 is 6.18 Å². The van der Waals surface area contributed by atoms with Gasteiger partial charge in [0.15, 0.2) is 5.11 Å². The largest absolute Gasteiger partial charge is 0.417 e. The molecule has 2 rings (SSSR count). The van der Waals surface area contributed by atoms with Crippen LogP contribution in [0, 0.1) is 11.3 Å². The zero-order chi connectivity index (χ0) is 15.1. The number of halogens is 3. The zero-order valence-electron chi connectivity index (χ0n) is 10.2. The Bertz CT molecular complexity index is 636. The van der Waals surface area contributed by atoms with Crippen molar-refractivity contribution in [3.05, 3.63) is 29.3 Å². The molecule has 4 nitrogen and oxygen atoms in total. The van der Waals surface area contributed by atoms with E-state index < -0.39 is 29.3 Å². The van der Waals surface area contributed by atoms with Crippen LogP contribution in [0.3, 0.4) is 0 Å². The Hall–Kier alpha value is -2.14. The highest BCUT2D eigenvalue weighted by molar-refractivity contribution is 7.80. The lowest BCUT2D eigenvalue weighted by atomic mass is 10.1. The molecule has 1 aliphatic heterocycles. The molecule has 0 saturated carbocycles. The van der Waals surface area contributed by atoms with Crippen LogP contribution < -0.4 is 10.2 Å². The number of carbonyl (C=O) groups is 1. The number of benzene rings is 1. The highest BCUT2D eigenvalue weighted by Crippen LogP contribution is 2.35. The van der Waals surface area contributed by atoms with E-state index in [9.17, 15) is 18.0 Å². The zero-order valence-corrected chi connectivity index (χ0v) is 11.0. The maximum absolute atomic E-state index is 12.9. The number of carbonyl (C=O) groups excluding carboxylic acids is 1. The Morgan fingerprint density at radius 3 is 2.55 bits per heavy atom. The molecule has 0 radical (unpaired) electrons. The number of hydrogen-bond acceptors (Lipinski definition) is 3. The van der Waals surface area contributed by atoms with Gasteiger partial charge in [-0.15, -0.1) is 0 Å². The average molecular weight is 299 g/mol. The van der Waals surface area contributed by atoms with E-state index in [4.69, 9.17) is 17.5 Å². The van der Waals surface area contributed by atoms with E-state index in [1.165, 1.54) is 12.1 Å². The number of amides is 1. The smallest absolute Gasteiger partial charge is 0.350 e. The molecule has 20 heavy (non-hydrogen) atoms. The molecule has 1 heterocycles. The van der Waals surface area contributed by atoms with Crippen molar-refractivity contribution in [2.45, 2.75) is 19.1 Å². The summed E-state index contributed by atoms with van der Waals surface area (Å²) in [5, 5.41) is 11.4. The van der Waals surface area contributed by atoms with Gasteiger partial charge in [-0.2, -0.15) is 18.4 Å². The second-order valence-corrected chi connectivity index (χ2v) is 4.57. The summed E-state index contributed by atoms with van der Waals surface area (Å²) in [6, 6.07) is 3.93. The molecule has 0 spiro atoms. The quantitative estimate of drug-likeness (QED) is 0.808. The second-order valence-electron chi connectivity index (χ2n) is 4.18. The van der Waals surface area contributed by atoms with E-state index in [0.717, 1.165) is 17.0 Å². The second kappa shape index (κ2) is 4.76. The minimum absolute atomic E-state index is 0.0109. The fourth-order valence-electron chi connectivity index (χ4n) is 1.85. The van der Waals surface area contributed by atoms with Crippen LogP contribution in [0.15, 0.2) is 18.2 Å². The van der Waals surface area contributed by atoms with Gasteiger partial charge in [0.05, 0.1) is 22.9 Å². The van der Waals surface area contributed by atoms with Crippen LogP contribution >= 0.6 is 12.2 Å². The van der Waals surface area contributed by atoms with Crippen LogP contribution in [0.5, 0.6) is 0 Å². The maximum Gasteiger partial charge on any atom is 0.417 e. The lowest BCUT2D eigenvalue weighted by Gasteiger charge is -2.17. The fourth-order valence-corrected chi connectivity index (χ4v) is 2.23. The summed E-state index contributed by atoms with van der Waals surface area (Å²) < 4.78 is 38.6. The average Bonchev–Trinajstić information content (AvgIpc) is 2.61. The van der Waals surface area contributed by atoms with E-state index in [1.807, 2.05) is 0 Å². The first-order valence-corrected chi connectivity index (χ1v) is 5.92. The number of nitriles is 1. The number of anilines is 1. The predicted molar refractivity (Wildman–Crippen MR) is 68.8 cm³/mol. The van der Waals surface area contributed by atoms with E-state index >= 15 is 0 Å². The monoisotopic (exact) mass is 299 g/mol. The van der Waals surface area contributed by atoms with Crippen molar-refractivity contribution in [2.24, 2.45) is 0 Å². The Morgan fingerprint density at radius 1 is 1.45 bits per heavy atom. The molecular weight excluding hydrogens is 291 g/mol. The minimum Gasteiger partial charge on any atom is -0.350 e. The molecule has 1 aliphatic rings. The molecule has 1 amide bonds. The lowest BCUT2D eigenvalue weighted by molar-refractivity contribution is -0.137. The van der Waals surface area contributed by atoms with Crippen LogP contribution in [-0.2, 0) is 11.0 Å². The molecule has 0 aromatic heterocycles. The molecule has 0 aliphatic carbocycles. The fraction of sp³-hybridized carbons (Fsp3) is 0.250. The van der Waals surface area contributed by atoms with Crippen molar-refractivity contribution in [2.75, 3.05) is 4.90 Å². The van der Waals surface area contributed by atoms with E-state index in [1.54, 1.807) is 6.92 Å². The van der Waals surface area contributed by atoms with Crippen LogP contribution in [-0.4, -0.2) is 17.1 Å². The molecule has 1 atom stereocenters. The van der Waals surface area contributed by atoms with E-state index in [-0.39, 0.29) is 10.8 Å². The van der Waals surface area contributed by atoms with Crippen molar-refractivity contribution in [1.82, 2.24) is 5.32 Å². The molecule has 0 unspecified atom stereocenters. The van der Waals surface area contributed by atoms with Gasteiger partial charge in [0.25, 0.3) is 5.91 Å². The molecule has 1 saturated heterocycles. The van der Waals surface area contributed by atoms with Crippen molar-refractivity contribution < 1.29 is 18.0 Å². The Balaban J connectivity index is 2.53. The molecular formula is C12H8F3N3OS. The number of rotatable bonds is 1. The predicted octanol–water partition coefficient (Wildman–Crippen LogP) is 2.19. The molecule has 1 aromatic rings. The van der Waals surface area contributed by atoms with Gasteiger partial charge in [-0.3, -0.25) is 9.69 Å². The van der Waals surface area contributed by atoms with Gasteiger partial charge in [-0.1, -0.05) is 0 Å². The van der Waals surface area contributed by atoms with Crippen LogP contribution in [0.2, 0.25) is 0 Å². The number of hydrogen-bond donors (Lipinski definition) is 1. The normalized spacial score (nSPS) is 18.9. The summed E-state index contributed by atoms with van der Waals surface area (Å²) >= 11 is 4.92. The number of nitrogens with zero attached hydrogens (tertiary/aromatic N) is 2. The molecule has 1 N–H and O–H groups in total. The Kier molecular flexibility index (Phi) is 3.39. The topological polar surface area (TPSA) is 56.1 Å². The SMILES string of the molecule is C[C@H]1NC(=S)N(c2ccc(C#N)c(C(F)(F)F)c2)C1=O. The summed E-state index contributed by atoms with van der Waals surface area (Å²) in [5.74, 6) is -0.437. The summed E-state index contributed by atoms with van der Waals surface area (Å²) in [5.41, 5.74) is -1.60. The molecule has 0 bridgehead atoms. The van der Waals surface area contributed by atoms with Gasteiger partial charge in [0, 0.05) is 0 Å². The first-order chi connectivity index (χ1) is 9.25. The van der Waals surface area contributed by atoms with Gasteiger partial charge in [-0.05, 0) is 37.3 Å². The number of thiocarbonyl (C=S) groups is 1. The summed E-state index contributed by atoms with van der Waals surface area (Å²) in [6.45, 7) is 1.56. The highest BCUT2D eigenvalue weighted by atomic mass is 32.1. The minimum atomic E-state index is -4.68. The Morgan fingerprint density at radius 2 is 2.10 bits per heavy atom. The molecule has 104 valence electrons. The summed E-state index contributed by atoms with van der Waals surface area (Å²) in [6.07, 6.45) is -4.68. The van der Waals surface area contributed by atoms with Crippen molar-refractivity contribution in [3.63, 3.8) is 0 Å². The van der Waals surface area contributed by atoms with Crippen LogP contribution in [0.1, 0.15) is 18.1 Å². The van der Waals surface area contributed by atoms with E-state index in [0.29, 0.717) is 0 Å². The molecule has 1 fully saturated rings. The number of nitrogens with one attached hydrogen (secondary N) is 1. The van der Waals surface area contributed by atoms with Crippen LogP contribution in [0.4, 0.5) is 18.9 Å². The van der Waals surface area contributed by atoms with Gasteiger partial charge in [-0.25, -0.2) is 0 Å². The maximum atomic E-state index is 12.9. The molecule has 1 aromatic carbocycles. The van der Waals surface area contributed by atoms with Gasteiger partial charge in [0.2, 0.25) is 0 Å². The summed E-state index contributed by atoms with van der Waals surface area (Å²) in [7, 11) is 0. The van der Waals surface area contributed by atoms with Gasteiger partial charge in [0.1, 0.15) is 6.04 Å². The first kappa shape index (κ1) is 14.3. The first-order valence-electron chi connectivity index (χ1n) is 5.51. The van der Waals surface area contributed by atoms with Crippen molar-refractivity contribution in [1.29, 1.82) is 5.26 Å². The van der Waals surface area contributed by atoms with Gasteiger partial charge < -0.3 is 5.32 Å². The lowest BCUT2D eigenvalue weighted by Crippen LogP contribution is -2.31. The van der Waals surface area contributed by atoms with Crippen molar-refractivity contribution >= 4 is 28.9 Å². The van der Waals surface area contributed by atoms with Crippen molar-refractivity contribution in [3.8, 4) is 6.07 Å². The summed E-state index contributed by atoms with van der Waals surface area (Å²) in [4.78, 5) is 12.9. The third kappa shape index (κ3) is 2.32. The molecule has 8 heteroatoms. The Labute approximate surface area is 117 Å². The third-order valence-corrected chi connectivity index (χ3v) is 3.12. The van der Waals surface area contributed by atoms with Crippen LogP contribution in [0.25, 0.3) is 0 Å². The third-order valence-electron chi connectivity index (χ3n) is 2.82. The number of alkyl halides is 3. The van der Waals surface area contributed by atoms with E-state index in [2.05, 4.69) is 5.32 Å². The standard InChI is InChI=1S/C12H8F3N3OS/c1-6-10(19)18(11(20)17-6)8-3-2-7(5-16)9(4-8)12(13,14)15/h2-4,6H,1H3,(H,17,20)/t6-/m1/s1. The highest BCUT2D eigenvalue weighted by Gasteiger charge is 2.37.